The Bertz CT molecular complexity index is 555. The van der Waals surface area contributed by atoms with Crippen LogP contribution in [-0.2, 0) is 5.41 Å². The van der Waals surface area contributed by atoms with Crippen LogP contribution in [0.5, 0.6) is 0 Å². The van der Waals surface area contributed by atoms with Gasteiger partial charge in [-0.2, -0.15) is 0 Å². The van der Waals surface area contributed by atoms with Crippen molar-refractivity contribution in [2.75, 3.05) is 17.6 Å². The van der Waals surface area contributed by atoms with Crippen molar-refractivity contribution in [2.24, 2.45) is 0 Å². The van der Waals surface area contributed by atoms with E-state index in [4.69, 9.17) is 5.73 Å². The molecular weight excluding hydrogens is 320 g/mol. The number of rotatable bonds is 4. The number of nitrogens with one attached hydrogen (secondary N) is 1. The van der Waals surface area contributed by atoms with Gasteiger partial charge in [0.05, 0.1) is 15.2 Å². The number of halogens is 1. The van der Waals surface area contributed by atoms with E-state index in [9.17, 15) is 0 Å². The van der Waals surface area contributed by atoms with Gasteiger partial charge in [-0.1, -0.05) is 26.0 Å². The molecule has 1 heterocycles. The van der Waals surface area contributed by atoms with Gasteiger partial charge in [0.2, 0.25) is 0 Å². The molecule has 0 bridgehead atoms. The number of nitrogen functional groups attached to an aromatic ring is 1. The van der Waals surface area contributed by atoms with Gasteiger partial charge in [-0.15, -0.1) is 11.3 Å². The third-order valence-electron chi connectivity index (χ3n) is 3.25. The molecule has 0 radical (unpaired) electrons. The molecule has 0 saturated heterocycles. The van der Waals surface area contributed by atoms with Crippen molar-refractivity contribution in [3.05, 3.63) is 44.6 Å². The number of anilines is 2. The van der Waals surface area contributed by atoms with Crippen LogP contribution in [0.4, 0.5) is 11.4 Å². The minimum absolute atomic E-state index is 0.0748. The minimum Gasteiger partial charge on any atom is -0.397 e. The maximum absolute atomic E-state index is 6.03. The van der Waals surface area contributed by atoms with Gasteiger partial charge >= 0.3 is 0 Å². The molecule has 3 N–H and O–H groups in total. The number of benzene rings is 1. The molecule has 0 amide bonds. The van der Waals surface area contributed by atoms with Gasteiger partial charge in [-0.25, -0.2) is 0 Å². The highest BCUT2D eigenvalue weighted by molar-refractivity contribution is 9.11. The summed E-state index contributed by atoms with van der Waals surface area (Å²) < 4.78 is 1.17. The zero-order valence-electron chi connectivity index (χ0n) is 11.5. The Balaban J connectivity index is 2.14. The first kappa shape index (κ1) is 14.4. The van der Waals surface area contributed by atoms with Gasteiger partial charge < -0.3 is 11.1 Å². The van der Waals surface area contributed by atoms with Crippen molar-refractivity contribution in [3.8, 4) is 0 Å². The molecule has 0 aliphatic rings. The van der Waals surface area contributed by atoms with Crippen LogP contribution in [0.15, 0.2) is 34.1 Å². The largest absolute Gasteiger partial charge is 0.397 e. The fourth-order valence-electron chi connectivity index (χ4n) is 2.01. The predicted octanol–water partition coefficient (Wildman–Crippen LogP) is 4.79. The molecule has 0 fully saturated rings. The van der Waals surface area contributed by atoms with Crippen LogP contribution in [0.1, 0.15) is 24.3 Å². The van der Waals surface area contributed by atoms with E-state index in [1.807, 2.05) is 12.1 Å². The predicted molar refractivity (Wildman–Crippen MR) is 89.1 cm³/mol. The van der Waals surface area contributed by atoms with Crippen LogP contribution in [0.2, 0.25) is 0 Å². The van der Waals surface area contributed by atoms with Gasteiger partial charge in [0.25, 0.3) is 0 Å². The van der Waals surface area contributed by atoms with Crippen molar-refractivity contribution in [2.45, 2.75) is 26.2 Å². The molecule has 4 heteroatoms. The number of hydrogen-bond acceptors (Lipinski definition) is 3. The molecule has 0 unspecified atom stereocenters. The first-order valence-electron chi connectivity index (χ1n) is 6.25. The molecule has 2 rings (SSSR count). The molecule has 0 saturated carbocycles. The Kier molecular flexibility index (Phi) is 4.21. The van der Waals surface area contributed by atoms with Crippen molar-refractivity contribution < 1.29 is 0 Å². The molecule has 0 aliphatic heterocycles. The van der Waals surface area contributed by atoms with Gasteiger partial charge in [-0.3, -0.25) is 0 Å². The van der Waals surface area contributed by atoms with Gasteiger partial charge in [-0.05, 0) is 46.6 Å². The van der Waals surface area contributed by atoms with Crippen LogP contribution in [-0.4, -0.2) is 6.54 Å². The van der Waals surface area contributed by atoms with Crippen molar-refractivity contribution in [3.63, 3.8) is 0 Å². The maximum Gasteiger partial charge on any atom is 0.0701 e. The van der Waals surface area contributed by atoms with Crippen molar-refractivity contribution >= 4 is 38.6 Å². The van der Waals surface area contributed by atoms with Gasteiger partial charge in [0.15, 0.2) is 0 Å². The molecule has 0 spiro atoms. The first-order chi connectivity index (χ1) is 8.90. The second-order valence-corrected chi connectivity index (χ2v) is 7.84. The summed E-state index contributed by atoms with van der Waals surface area (Å²) in [6, 6.07) is 10.3. The highest BCUT2D eigenvalue weighted by atomic mass is 79.9. The smallest absolute Gasteiger partial charge is 0.0701 e. The Labute approximate surface area is 127 Å². The number of nitrogens with two attached hydrogens (primary N) is 1. The Morgan fingerprint density at radius 2 is 2.00 bits per heavy atom. The normalized spacial score (nSPS) is 11.6. The summed E-state index contributed by atoms with van der Waals surface area (Å²) in [7, 11) is 0. The van der Waals surface area contributed by atoms with E-state index in [2.05, 4.69) is 60.2 Å². The summed E-state index contributed by atoms with van der Waals surface area (Å²) in [4.78, 5) is 1.36. The number of thiophene rings is 1. The van der Waals surface area contributed by atoms with Crippen LogP contribution >= 0.6 is 27.3 Å². The monoisotopic (exact) mass is 338 g/mol. The standard InChI is InChI=1S/C15H19BrN2S/c1-10-5-4-6-11(17)14(10)18-9-15(2,3)12-7-8-13(16)19-12/h4-8,18H,9,17H2,1-3H3. The third-order valence-corrected chi connectivity index (χ3v) is 5.24. The minimum atomic E-state index is 0.0748. The molecule has 0 atom stereocenters. The highest BCUT2D eigenvalue weighted by Crippen LogP contribution is 2.33. The SMILES string of the molecule is Cc1cccc(N)c1NCC(C)(C)c1ccc(Br)s1. The van der Waals surface area contributed by atoms with Crippen LogP contribution < -0.4 is 11.1 Å². The second kappa shape index (κ2) is 5.55. The summed E-state index contributed by atoms with van der Waals surface area (Å²) in [6.07, 6.45) is 0. The summed E-state index contributed by atoms with van der Waals surface area (Å²) in [5.41, 5.74) is 9.14. The van der Waals surface area contributed by atoms with Crippen LogP contribution in [0.3, 0.4) is 0 Å². The lowest BCUT2D eigenvalue weighted by molar-refractivity contribution is 0.569. The van der Waals surface area contributed by atoms with Crippen molar-refractivity contribution in [1.29, 1.82) is 0 Å². The molecule has 2 nitrogen and oxygen atoms in total. The van der Waals surface area contributed by atoms with E-state index in [1.54, 1.807) is 11.3 Å². The molecule has 2 aromatic rings. The fraction of sp³-hybridized carbons (Fsp3) is 0.333. The number of aryl methyl sites for hydroxylation is 1. The number of hydrogen-bond donors (Lipinski definition) is 2. The topological polar surface area (TPSA) is 38.0 Å². The summed E-state index contributed by atoms with van der Waals surface area (Å²) in [5.74, 6) is 0. The van der Waals surface area contributed by atoms with E-state index in [-0.39, 0.29) is 5.41 Å². The van der Waals surface area contributed by atoms with Crippen LogP contribution in [0.25, 0.3) is 0 Å². The lowest BCUT2D eigenvalue weighted by Crippen LogP contribution is -2.27. The maximum atomic E-state index is 6.03. The molecule has 19 heavy (non-hydrogen) atoms. The molecule has 0 aliphatic carbocycles. The Morgan fingerprint density at radius 1 is 1.26 bits per heavy atom. The lowest BCUT2D eigenvalue weighted by Gasteiger charge is -2.25. The number of para-hydroxylation sites is 1. The average molecular weight is 339 g/mol. The highest BCUT2D eigenvalue weighted by Gasteiger charge is 2.22. The Hall–Kier alpha value is -1.000. The summed E-state index contributed by atoms with van der Waals surface area (Å²) >= 11 is 5.31. The lowest BCUT2D eigenvalue weighted by atomic mass is 9.91. The average Bonchev–Trinajstić information content (AvgIpc) is 2.76. The first-order valence-corrected chi connectivity index (χ1v) is 7.86. The van der Waals surface area contributed by atoms with E-state index < -0.39 is 0 Å². The third kappa shape index (κ3) is 3.31. The van der Waals surface area contributed by atoms with Gasteiger partial charge in [0.1, 0.15) is 0 Å². The summed E-state index contributed by atoms with van der Waals surface area (Å²) in [6.45, 7) is 7.42. The second-order valence-electron chi connectivity index (χ2n) is 5.38. The summed E-state index contributed by atoms with van der Waals surface area (Å²) in [5, 5.41) is 3.50. The Morgan fingerprint density at radius 3 is 2.58 bits per heavy atom. The van der Waals surface area contributed by atoms with Crippen LogP contribution in [0, 0.1) is 6.92 Å². The zero-order valence-corrected chi connectivity index (χ0v) is 13.9. The fourth-order valence-corrected chi connectivity index (χ4v) is 3.49. The zero-order chi connectivity index (χ0) is 14.0. The van der Waals surface area contributed by atoms with Crippen molar-refractivity contribution in [1.82, 2.24) is 0 Å². The van der Waals surface area contributed by atoms with E-state index in [0.717, 1.165) is 17.9 Å². The van der Waals surface area contributed by atoms with E-state index >= 15 is 0 Å². The molecule has 102 valence electrons. The molecule has 1 aromatic carbocycles. The van der Waals surface area contributed by atoms with Gasteiger partial charge in [0, 0.05) is 16.8 Å². The quantitative estimate of drug-likeness (QED) is 0.786. The molecular formula is C15H19BrN2S. The van der Waals surface area contributed by atoms with E-state index in [1.165, 1.54) is 14.2 Å². The molecule has 1 aromatic heterocycles. The van der Waals surface area contributed by atoms with E-state index in [0.29, 0.717) is 0 Å².